The second kappa shape index (κ2) is 15.4. The van der Waals surface area contributed by atoms with Crippen LogP contribution in [-0.4, -0.2) is 11.5 Å². The van der Waals surface area contributed by atoms with Crippen molar-refractivity contribution in [2.75, 3.05) is 6.61 Å². The molecule has 1 unspecified atom stereocenters. The fourth-order valence-electron chi connectivity index (χ4n) is 2.39. The van der Waals surface area contributed by atoms with Crippen LogP contribution in [-0.2, 0) is 9.09 Å². The number of rotatable bonds is 15. The standard InChI is InChI=1S/C16H33O3P/c1-16(2)14-12-10-8-6-4-3-5-7-9-11-13-15-19-20(17)18/h16H,3-15H2,1-2H3/p+1. The normalized spacial score (nSPS) is 12.1. The molecule has 0 saturated carbocycles. The zero-order valence-electron chi connectivity index (χ0n) is 13.5. The summed E-state index contributed by atoms with van der Waals surface area (Å²) in [7, 11) is -2.39. The molecule has 0 aliphatic rings. The lowest BCUT2D eigenvalue weighted by Crippen LogP contribution is -1.88. The van der Waals surface area contributed by atoms with Crippen LogP contribution < -0.4 is 0 Å². The van der Waals surface area contributed by atoms with Gasteiger partial charge in [0.15, 0.2) is 0 Å². The molecule has 0 bridgehead atoms. The highest BCUT2D eigenvalue weighted by Gasteiger charge is 2.09. The first-order chi connectivity index (χ1) is 9.63. The molecule has 20 heavy (non-hydrogen) atoms. The number of hydrogen-bond donors (Lipinski definition) is 1. The fraction of sp³-hybridized carbons (Fsp3) is 1.00. The molecule has 3 nitrogen and oxygen atoms in total. The Bertz CT molecular complexity index is 220. The highest BCUT2D eigenvalue weighted by molar-refractivity contribution is 7.32. The second-order valence-corrected chi connectivity index (χ2v) is 6.88. The Morgan fingerprint density at radius 1 is 0.800 bits per heavy atom. The Morgan fingerprint density at radius 2 is 1.20 bits per heavy atom. The van der Waals surface area contributed by atoms with Crippen LogP contribution in [0.1, 0.15) is 90.9 Å². The molecule has 1 N–H and O–H groups in total. The van der Waals surface area contributed by atoms with Gasteiger partial charge in [-0.15, -0.1) is 9.42 Å². The highest BCUT2D eigenvalue weighted by atomic mass is 31.1. The van der Waals surface area contributed by atoms with E-state index in [1.807, 2.05) is 0 Å². The molecule has 0 aliphatic carbocycles. The largest absolute Gasteiger partial charge is 0.694 e. The average molecular weight is 305 g/mol. The van der Waals surface area contributed by atoms with Crippen molar-refractivity contribution in [3.63, 3.8) is 0 Å². The highest BCUT2D eigenvalue weighted by Crippen LogP contribution is 2.16. The first kappa shape index (κ1) is 20.0. The van der Waals surface area contributed by atoms with Crippen LogP contribution in [0.3, 0.4) is 0 Å². The van der Waals surface area contributed by atoms with Gasteiger partial charge in [-0.25, -0.2) is 0 Å². The summed E-state index contributed by atoms with van der Waals surface area (Å²) in [5.41, 5.74) is 0. The van der Waals surface area contributed by atoms with E-state index in [0.29, 0.717) is 6.61 Å². The average Bonchev–Trinajstić information content (AvgIpc) is 2.38. The van der Waals surface area contributed by atoms with Gasteiger partial charge in [-0.05, 0) is 12.3 Å². The van der Waals surface area contributed by atoms with E-state index in [0.717, 1.165) is 18.8 Å². The molecule has 0 aromatic carbocycles. The van der Waals surface area contributed by atoms with E-state index in [2.05, 4.69) is 18.4 Å². The van der Waals surface area contributed by atoms with Gasteiger partial charge in [-0.3, -0.25) is 0 Å². The maximum atomic E-state index is 10.3. The molecule has 0 radical (unpaired) electrons. The third-order valence-electron chi connectivity index (χ3n) is 3.63. The summed E-state index contributed by atoms with van der Waals surface area (Å²) >= 11 is 0. The molecule has 0 aliphatic heterocycles. The number of unbranched alkanes of at least 4 members (excludes halogenated alkanes) is 10. The van der Waals surface area contributed by atoms with E-state index < -0.39 is 8.25 Å². The van der Waals surface area contributed by atoms with Crippen LogP contribution in [0.2, 0.25) is 0 Å². The van der Waals surface area contributed by atoms with Crippen molar-refractivity contribution >= 4 is 8.25 Å². The van der Waals surface area contributed by atoms with E-state index >= 15 is 0 Å². The number of hydrogen-bond acceptors (Lipinski definition) is 2. The predicted octanol–water partition coefficient (Wildman–Crippen LogP) is 5.99. The van der Waals surface area contributed by atoms with Crippen LogP contribution in [0.15, 0.2) is 0 Å². The third-order valence-corrected chi connectivity index (χ3v) is 4.03. The first-order valence-corrected chi connectivity index (χ1v) is 9.55. The Labute approximate surface area is 126 Å². The lowest BCUT2D eigenvalue weighted by Gasteiger charge is -2.04. The summed E-state index contributed by atoms with van der Waals surface area (Å²) in [4.78, 5) is 8.44. The van der Waals surface area contributed by atoms with Crippen LogP contribution in [0.4, 0.5) is 0 Å². The molecule has 0 spiro atoms. The van der Waals surface area contributed by atoms with E-state index in [1.165, 1.54) is 64.2 Å². The summed E-state index contributed by atoms with van der Waals surface area (Å²) in [6, 6.07) is 0. The fourth-order valence-corrected chi connectivity index (χ4v) is 2.67. The molecule has 4 heteroatoms. The van der Waals surface area contributed by atoms with Crippen molar-refractivity contribution in [2.45, 2.75) is 90.9 Å². The zero-order valence-corrected chi connectivity index (χ0v) is 14.4. The molecular weight excluding hydrogens is 271 g/mol. The Kier molecular flexibility index (Phi) is 15.4. The van der Waals surface area contributed by atoms with E-state index in [1.54, 1.807) is 0 Å². The SMILES string of the molecule is CC(C)CCCCCCCCCCCCCO[P+](=O)O. The molecule has 0 amide bonds. The lowest BCUT2D eigenvalue weighted by atomic mass is 10.0. The first-order valence-electron chi connectivity index (χ1n) is 8.42. The van der Waals surface area contributed by atoms with Gasteiger partial charge in [-0.1, -0.05) is 84.5 Å². The topological polar surface area (TPSA) is 46.5 Å². The Hall–Kier alpha value is 0.0200. The summed E-state index contributed by atoms with van der Waals surface area (Å²) in [5, 5.41) is 0. The van der Waals surface area contributed by atoms with Gasteiger partial charge in [0.05, 0.1) is 0 Å². The maximum absolute atomic E-state index is 10.3. The van der Waals surface area contributed by atoms with Crippen molar-refractivity contribution in [3.8, 4) is 0 Å². The third kappa shape index (κ3) is 18.0. The van der Waals surface area contributed by atoms with Crippen molar-refractivity contribution in [3.05, 3.63) is 0 Å². The maximum Gasteiger partial charge on any atom is 0.694 e. The summed E-state index contributed by atoms with van der Waals surface area (Å²) < 4.78 is 14.9. The van der Waals surface area contributed by atoms with Gasteiger partial charge in [0.25, 0.3) is 0 Å². The predicted molar refractivity (Wildman–Crippen MR) is 86.0 cm³/mol. The minimum atomic E-state index is -2.39. The van der Waals surface area contributed by atoms with Crippen LogP contribution in [0.25, 0.3) is 0 Å². The van der Waals surface area contributed by atoms with Gasteiger partial charge >= 0.3 is 8.25 Å². The molecule has 0 aromatic heterocycles. The van der Waals surface area contributed by atoms with Crippen molar-refractivity contribution in [2.24, 2.45) is 5.92 Å². The van der Waals surface area contributed by atoms with E-state index in [-0.39, 0.29) is 0 Å². The van der Waals surface area contributed by atoms with Gasteiger partial charge in [0.1, 0.15) is 6.61 Å². The van der Waals surface area contributed by atoms with Crippen LogP contribution >= 0.6 is 8.25 Å². The molecule has 0 saturated heterocycles. The minimum Gasteiger partial charge on any atom is -0.133 e. The van der Waals surface area contributed by atoms with Crippen molar-refractivity contribution in [1.29, 1.82) is 0 Å². The summed E-state index contributed by atoms with van der Waals surface area (Å²) in [6.45, 7) is 5.02. The van der Waals surface area contributed by atoms with Gasteiger partial charge in [-0.2, -0.15) is 0 Å². The van der Waals surface area contributed by atoms with Crippen molar-refractivity contribution in [1.82, 2.24) is 0 Å². The van der Waals surface area contributed by atoms with Gasteiger partial charge in [0, 0.05) is 4.57 Å². The molecular formula is C16H34O3P+. The molecule has 0 aromatic rings. The molecule has 0 fully saturated rings. The molecule has 0 rings (SSSR count). The Morgan fingerprint density at radius 3 is 1.60 bits per heavy atom. The van der Waals surface area contributed by atoms with Crippen LogP contribution in [0, 0.1) is 5.92 Å². The Balaban J connectivity index is 2.97. The lowest BCUT2D eigenvalue weighted by molar-refractivity contribution is 0.273. The molecule has 0 heterocycles. The van der Waals surface area contributed by atoms with Gasteiger partial charge in [0.2, 0.25) is 0 Å². The monoisotopic (exact) mass is 305 g/mol. The van der Waals surface area contributed by atoms with E-state index in [9.17, 15) is 4.57 Å². The quantitative estimate of drug-likeness (QED) is 0.298. The van der Waals surface area contributed by atoms with Gasteiger partial charge < -0.3 is 0 Å². The molecule has 120 valence electrons. The van der Waals surface area contributed by atoms with Crippen molar-refractivity contribution < 1.29 is 14.0 Å². The second-order valence-electron chi connectivity index (χ2n) is 6.14. The molecule has 1 atom stereocenters. The summed E-state index contributed by atoms with van der Waals surface area (Å²) in [6.07, 6.45) is 15.6. The minimum absolute atomic E-state index is 0.419. The smallest absolute Gasteiger partial charge is 0.133 e. The van der Waals surface area contributed by atoms with Crippen LogP contribution in [0.5, 0.6) is 0 Å². The zero-order chi connectivity index (χ0) is 15.1. The van der Waals surface area contributed by atoms with E-state index in [4.69, 9.17) is 4.89 Å². The summed E-state index contributed by atoms with van der Waals surface area (Å²) in [5.74, 6) is 0.860.